The van der Waals surface area contributed by atoms with Crippen molar-refractivity contribution < 1.29 is 20.9 Å². The van der Waals surface area contributed by atoms with Crippen LogP contribution < -0.4 is 0 Å². The predicted molar refractivity (Wildman–Crippen MR) is 298 cm³/mol. The van der Waals surface area contributed by atoms with Crippen molar-refractivity contribution in [2.24, 2.45) is 0 Å². The highest BCUT2D eigenvalue weighted by Gasteiger charge is 2.25. The van der Waals surface area contributed by atoms with E-state index in [1.807, 2.05) is 103 Å². The third kappa shape index (κ3) is 10.3. The average molecular weight is 967 g/mol. The van der Waals surface area contributed by atoms with E-state index in [0.29, 0.717) is 68.9 Å². The molecule has 9 aromatic rings. The number of benzene rings is 5. The molecule has 73 heavy (non-hydrogen) atoms. The topological polar surface area (TPSA) is 75.6 Å². The highest BCUT2D eigenvalue weighted by Crippen LogP contribution is 2.42. The first-order valence-electron chi connectivity index (χ1n) is 32.3. The van der Waals surface area contributed by atoms with Crippen molar-refractivity contribution in [3.05, 3.63) is 208 Å². The number of nitriles is 1. The van der Waals surface area contributed by atoms with E-state index in [0.717, 1.165) is 111 Å². The average Bonchev–Trinajstić information content (AvgIpc) is 1.62. The Balaban J connectivity index is 1.03. The highest BCUT2D eigenvalue weighted by molar-refractivity contribution is 6.09. The summed E-state index contributed by atoms with van der Waals surface area (Å²) in [6.45, 7) is 0. The van der Waals surface area contributed by atoms with Gasteiger partial charge in [0.1, 0.15) is 11.2 Å². The Kier molecular flexibility index (Phi) is 10.3. The van der Waals surface area contributed by atoms with E-state index < -0.39 is 54.9 Å². The molecule has 0 N–H and O–H groups in total. The molecular weight excluding hydrogens is 889 g/mol. The van der Waals surface area contributed by atoms with Crippen LogP contribution in [0.15, 0.2) is 156 Å². The van der Waals surface area contributed by atoms with Gasteiger partial charge in [0.15, 0.2) is 0 Å². The van der Waals surface area contributed by atoms with E-state index in [-0.39, 0.29) is 34.4 Å². The van der Waals surface area contributed by atoms with Gasteiger partial charge in [-0.25, -0.2) is 0 Å². The number of nitrogens with zero attached hydrogens (tertiary/aromatic N) is 4. The predicted octanol–water partition coefficient (Wildman–Crippen LogP) is 17.4. The van der Waals surface area contributed by atoms with Crippen molar-refractivity contribution in [1.29, 1.82) is 5.26 Å². The number of hydrogen-bond donors (Lipinski definition) is 0. The van der Waals surface area contributed by atoms with Crippen molar-refractivity contribution in [1.82, 2.24) is 15.0 Å². The summed E-state index contributed by atoms with van der Waals surface area (Å²) < 4.78 is 127. The highest BCUT2D eigenvalue weighted by atomic mass is 16.3. The monoisotopic (exact) mass is 967 g/mol. The minimum atomic E-state index is -3.13. The van der Waals surface area contributed by atoms with Crippen molar-refractivity contribution >= 4 is 21.9 Å². The maximum Gasteiger partial charge on any atom is 0.144 e. The molecule has 0 aliphatic heterocycles. The zero-order valence-corrected chi connectivity index (χ0v) is 41.1. The van der Waals surface area contributed by atoms with Crippen LogP contribution in [0.25, 0.3) is 55.7 Å². The second-order valence-electron chi connectivity index (χ2n) is 20.2. The molecule has 12 rings (SSSR count). The molecule has 4 heterocycles. The molecule has 4 aromatic heterocycles. The Labute approximate surface area is 448 Å². The Morgan fingerprint density at radius 2 is 0.904 bits per heavy atom. The summed E-state index contributed by atoms with van der Waals surface area (Å²) in [6.07, 6.45) is -3.32. The van der Waals surface area contributed by atoms with Crippen LogP contribution in [0, 0.1) is 11.3 Å². The van der Waals surface area contributed by atoms with Crippen LogP contribution in [-0.2, 0) is 38.2 Å². The van der Waals surface area contributed by atoms with Gasteiger partial charge in [-0.3, -0.25) is 15.0 Å². The number of fused-ring (bicyclic) bond motifs is 3. The SMILES string of the molecule is [2H]C([2H])(c1cc(C([2H])([2H])C([2H])([2H])c2cnc(-c3ccccc3)cc2C2CCCC2)cc(C([2H])([2H])C([2H])([2H])c2cnc(-c3ccccc3)cc2C2CCCC2)c1)C([2H])([2H])c1cnc(-c2cccc3c2oc2cc(C#N)ccc23)cc1C1CCCCC1. The molecule has 5 heteroatoms. The lowest BCUT2D eigenvalue weighted by atomic mass is 9.81. The number of para-hydroxylation sites is 1. The van der Waals surface area contributed by atoms with Gasteiger partial charge in [0.2, 0.25) is 0 Å². The maximum atomic E-state index is 10.2. The Morgan fingerprint density at radius 1 is 0.452 bits per heavy atom. The quantitative estimate of drug-likeness (QED) is 0.102. The van der Waals surface area contributed by atoms with Crippen LogP contribution in [0.4, 0.5) is 0 Å². The summed E-state index contributed by atoms with van der Waals surface area (Å²) in [5, 5.41) is 11.3. The Hall–Kier alpha value is -7.16. The molecule has 364 valence electrons. The molecule has 5 aromatic carbocycles. The zero-order valence-electron chi connectivity index (χ0n) is 53.1. The summed E-state index contributed by atoms with van der Waals surface area (Å²) in [5.41, 5.74) is 5.51. The lowest BCUT2D eigenvalue weighted by Crippen LogP contribution is -2.09. The van der Waals surface area contributed by atoms with Gasteiger partial charge < -0.3 is 4.42 Å². The fourth-order valence-corrected chi connectivity index (χ4v) is 11.6. The minimum Gasteiger partial charge on any atom is -0.455 e. The summed E-state index contributed by atoms with van der Waals surface area (Å²) in [6, 6.07) is 40.8. The molecule has 0 amide bonds. The molecule has 0 spiro atoms. The van der Waals surface area contributed by atoms with E-state index >= 15 is 0 Å². The van der Waals surface area contributed by atoms with Crippen LogP contribution in [-0.4, -0.2) is 15.0 Å². The van der Waals surface area contributed by atoms with Gasteiger partial charge >= 0.3 is 0 Å². The molecule has 5 nitrogen and oxygen atoms in total. The van der Waals surface area contributed by atoms with Gasteiger partial charge in [-0.05, 0) is 187 Å². The molecule has 3 fully saturated rings. The van der Waals surface area contributed by atoms with Crippen molar-refractivity contribution in [2.45, 2.75) is 139 Å². The van der Waals surface area contributed by atoms with E-state index in [9.17, 15) is 21.7 Å². The molecule has 0 saturated heterocycles. The Morgan fingerprint density at radius 3 is 1.38 bits per heavy atom. The van der Waals surface area contributed by atoms with Crippen molar-refractivity contribution in [2.75, 3.05) is 0 Å². The van der Waals surface area contributed by atoms with E-state index in [2.05, 4.69) is 6.07 Å². The number of pyridine rings is 3. The van der Waals surface area contributed by atoms with Gasteiger partial charge in [-0.1, -0.05) is 136 Å². The number of aryl methyl sites for hydroxylation is 6. The van der Waals surface area contributed by atoms with Crippen LogP contribution in [0.1, 0.15) is 173 Å². The molecule has 3 aliphatic carbocycles. The summed E-state index contributed by atoms with van der Waals surface area (Å²) in [4.78, 5) is 14.3. The van der Waals surface area contributed by atoms with Crippen molar-refractivity contribution in [3.63, 3.8) is 0 Å². The number of furan rings is 1. The second kappa shape index (κ2) is 21.5. The van der Waals surface area contributed by atoms with E-state index in [1.165, 1.54) is 18.6 Å². The minimum absolute atomic E-state index is 0.00737. The molecule has 0 bridgehead atoms. The van der Waals surface area contributed by atoms with Gasteiger partial charge in [0.25, 0.3) is 0 Å². The van der Waals surface area contributed by atoms with Gasteiger partial charge in [0.05, 0.1) is 28.7 Å². The lowest BCUT2D eigenvalue weighted by Gasteiger charge is -2.25. The largest absolute Gasteiger partial charge is 0.455 e. The van der Waals surface area contributed by atoms with Gasteiger partial charge in [-0.2, -0.15) is 5.26 Å². The first kappa shape index (κ1) is 35.1. The molecule has 3 saturated carbocycles. The molecular formula is C68H66N4O. The first-order chi connectivity index (χ1) is 40.6. The normalized spacial score (nSPS) is 19.3. The summed E-state index contributed by atoms with van der Waals surface area (Å²) in [5.74, 6) is -0.440. The van der Waals surface area contributed by atoms with E-state index in [1.54, 1.807) is 12.1 Å². The third-order valence-electron chi connectivity index (χ3n) is 15.4. The fraction of sp³-hybridized carbons (Fsp3) is 0.324. The molecule has 0 radical (unpaired) electrons. The number of aromatic nitrogens is 3. The van der Waals surface area contributed by atoms with Crippen LogP contribution in [0.2, 0.25) is 0 Å². The number of rotatable bonds is 15. The van der Waals surface area contributed by atoms with Crippen LogP contribution in [0.3, 0.4) is 0 Å². The van der Waals surface area contributed by atoms with E-state index in [4.69, 9.17) is 19.4 Å². The van der Waals surface area contributed by atoms with Gasteiger partial charge in [0, 0.05) is 62.5 Å². The third-order valence-corrected chi connectivity index (χ3v) is 15.4. The smallest absolute Gasteiger partial charge is 0.144 e. The summed E-state index contributed by atoms with van der Waals surface area (Å²) >= 11 is 0. The zero-order chi connectivity index (χ0) is 59.7. The summed E-state index contributed by atoms with van der Waals surface area (Å²) in [7, 11) is 0. The van der Waals surface area contributed by atoms with Crippen LogP contribution >= 0.6 is 0 Å². The molecule has 0 atom stereocenters. The van der Waals surface area contributed by atoms with Crippen LogP contribution in [0.5, 0.6) is 0 Å². The second-order valence-corrected chi connectivity index (χ2v) is 20.2. The maximum absolute atomic E-state index is 10.2. The standard InChI is InChI=1S/C68H66N4O/c69-42-49-30-34-58-59-25-14-26-60(68(59)73-67(58)38-49)66-41-63(50-15-4-1-5-16-50)57(45-72-66)33-29-48-36-46(27-31-55-43-70-64(53-21-6-2-7-22-53)39-61(55)51-17-10-11-18-51)35-47(37-48)28-32-56-44-71-65(54-23-8-3-9-24-54)40-62(56)52-19-12-13-20-52/h2-3,6-9,14,21-26,30,34-41,43-45,50-52H,1,4-5,10-13,15-20,27-29,31-33H2/i27D2,28D2,29D2,31D2,32D2,33D2. The van der Waals surface area contributed by atoms with Gasteiger partial charge in [-0.15, -0.1) is 0 Å². The number of hydrogen-bond acceptors (Lipinski definition) is 5. The lowest BCUT2D eigenvalue weighted by molar-refractivity contribution is 0.441. The van der Waals surface area contributed by atoms with Crippen molar-refractivity contribution in [3.8, 4) is 39.8 Å². The molecule has 3 aliphatic rings. The Bertz CT molecular complexity index is 3860. The first-order valence-corrected chi connectivity index (χ1v) is 26.3. The fourth-order valence-electron chi connectivity index (χ4n) is 11.6. The molecule has 0 unspecified atom stereocenters.